The first-order valence-electron chi connectivity index (χ1n) is 10.3. The fourth-order valence-electron chi connectivity index (χ4n) is 4.14. The third-order valence-electron chi connectivity index (χ3n) is 5.71. The second kappa shape index (κ2) is 9.69. The van der Waals surface area contributed by atoms with Crippen molar-refractivity contribution in [2.75, 3.05) is 32.7 Å². The summed E-state index contributed by atoms with van der Waals surface area (Å²) in [6.07, 6.45) is 3.75. The number of rotatable bonds is 8. The molecule has 0 radical (unpaired) electrons. The van der Waals surface area contributed by atoms with Crippen molar-refractivity contribution in [1.29, 1.82) is 0 Å². The number of amides is 2. The maximum Gasteiger partial charge on any atom is 0.243 e. The quantitative estimate of drug-likeness (QED) is 0.594. The summed E-state index contributed by atoms with van der Waals surface area (Å²) in [5.41, 5.74) is 5.41. The fraction of sp³-hybridized carbons (Fsp3) is 0.600. The fourth-order valence-corrected chi connectivity index (χ4v) is 5.82. The minimum atomic E-state index is -3.67. The second-order valence-corrected chi connectivity index (χ2v) is 9.66. The summed E-state index contributed by atoms with van der Waals surface area (Å²) in [5.74, 6) is -0.576. The Labute approximate surface area is 172 Å². The molecule has 1 aromatic rings. The molecule has 29 heavy (non-hydrogen) atoms. The van der Waals surface area contributed by atoms with Crippen LogP contribution in [0.5, 0.6) is 0 Å². The molecule has 2 saturated heterocycles. The molecule has 2 aliphatic rings. The second-order valence-electron chi connectivity index (χ2n) is 7.77. The minimum Gasteiger partial charge on any atom is -0.369 e. The van der Waals surface area contributed by atoms with Crippen LogP contribution < -0.4 is 11.1 Å². The van der Waals surface area contributed by atoms with E-state index in [4.69, 9.17) is 5.73 Å². The van der Waals surface area contributed by atoms with Gasteiger partial charge in [0.15, 0.2) is 0 Å². The van der Waals surface area contributed by atoms with Crippen molar-refractivity contribution >= 4 is 21.8 Å². The zero-order chi connectivity index (χ0) is 20.9. The average Bonchev–Trinajstić information content (AvgIpc) is 3.23. The molecule has 2 aliphatic heterocycles. The highest BCUT2D eigenvalue weighted by molar-refractivity contribution is 7.89. The number of hydrogen-bond acceptors (Lipinski definition) is 5. The molecule has 2 heterocycles. The van der Waals surface area contributed by atoms with E-state index in [1.165, 1.54) is 4.31 Å². The van der Waals surface area contributed by atoms with Gasteiger partial charge in [0, 0.05) is 19.6 Å². The highest BCUT2D eigenvalue weighted by Crippen LogP contribution is 2.26. The lowest BCUT2D eigenvalue weighted by Gasteiger charge is -2.31. The van der Waals surface area contributed by atoms with E-state index < -0.39 is 16.1 Å². The Morgan fingerprint density at radius 1 is 1.10 bits per heavy atom. The van der Waals surface area contributed by atoms with E-state index in [-0.39, 0.29) is 22.6 Å². The SMILES string of the molecule is NC(=O)C1CCCN(CCCNC(=O)C2CCCN2S(=O)(=O)c2ccccc2)C1. The number of nitrogens with zero attached hydrogens (tertiary/aromatic N) is 2. The van der Waals surface area contributed by atoms with Crippen molar-refractivity contribution in [3.8, 4) is 0 Å². The molecule has 2 fully saturated rings. The zero-order valence-corrected chi connectivity index (χ0v) is 17.4. The van der Waals surface area contributed by atoms with Gasteiger partial charge in [0.25, 0.3) is 0 Å². The molecule has 2 unspecified atom stereocenters. The molecule has 9 heteroatoms. The first-order chi connectivity index (χ1) is 13.9. The number of nitrogens with one attached hydrogen (secondary N) is 1. The van der Waals surface area contributed by atoms with E-state index in [1.54, 1.807) is 30.3 Å². The molecular weight excluding hydrogens is 392 g/mol. The van der Waals surface area contributed by atoms with Gasteiger partial charge in [0.2, 0.25) is 21.8 Å². The predicted octanol–water partition coefficient (Wildman–Crippen LogP) is 0.543. The summed E-state index contributed by atoms with van der Waals surface area (Å²) >= 11 is 0. The highest BCUT2D eigenvalue weighted by atomic mass is 32.2. The van der Waals surface area contributed by atoms with Crippen LogP contribution >= 0.6 is 0 Å². The van der Waals surface area contributed by atoms with E-state index in [0.717, 1.165) is 32.4 Å². The van der Waals surface area contributed by atoms with Crippen LogP contribution in [-0.4, -0.2) is 68.2 Å². The molecule has 0 spiro atoms. The van der Waals surface area contributed by atoms with Gasteiger partial charge < -0.3 is 16.0 Å². The monoisotopic (exact) mass is 422 g/mol. The molecule has 8 nitrogen and oxygen atoms in total. The van der Waals surface area contributed by atoms with Crippen molar-refractivity contribution in [1.82, 2.24) is 14.5 Å². The van der Waals surface area contributed by atoms with Crippen molar-refractivity contribution in [3.63, 3.8) is 0 Å². The summed E-state index contributed by atoms with van der Waals surface area (Å²) in [7, 11) is -3.67. The van der Waals surface area contributed by atoms with Gasteiger partial charge in [-0.3, -0.25) is 9.59 Å². The largest absolute Gasteiger partial charge is 0.369 e. The van der Waals surface area contributed by atoms with Crippen molar-refractivity contribution in [2.45, 2.75) is 43.0 Å². The van der Waals surface area contributed by atoms with E-state index in [2.05, 4.69) is 10.2 Å². The molecule has 0 bridgehead atoms. The van der Waals surface area contributed by atoms with Gasteiger partial charge in [0.1, 0.15) is 6.04 Å². The number of nitrogens with two attached hydrogens (primary N) is 1. The molecule has 0 aliphatic carbocycles. The van der Waals surface area contributed by atoms with Crippen LogP contribution in [0.1, 0.15) is 32.1 Å². The Morgan fingerprint density at radius 3 is 2.55 bits per heavy atom. The van der Waals surface area contributed by atoms with Crippen LogP contribution in [0.15, 0.2) is 35.2 Å². The molecule has 0 saturated carbocycles. The van der Waals surface area contributed by atoms with Gasteiger partial charge >= 0.3 is 0 Å². The molecule has 2 amide bonds. The van der Waals surface area contributed by atoms with Gasteiger partial charge in [-0.2, -0.15) is 4.31 Å². The number of carbonyl (C=O) groups is 2. The maximum absolute atomic E-state index is 12.9. The Balaban J connectivity index is 1.48. The van der Waals surface area contributed by atoms with Gasteiger partial charge in [-0.25, -0.2) is 8.42 Å². The van der Waals surface area contributed by atoms with E-state index >= 15 is 0 Å². The van der Waals surface area contributed by atoms with Crippen LogP contribution in [0.3, 0.4) is 0 Å². The van der Waals surface area contributed by atoms with Crippen LogP contribution in [0, 0.1) is 5.92 Å². The third-order valence-corrected chi connectivity index (χ3v) is 7.64. The molecule has 0 aromatic heterocycles. The molecular formula is C20H30N4O4S. The number of carbonyl (C=O) groups excluding carboxylic acids is 2. The Kier molecular flexibility index (Phi) is 7.26. The lowest BCUT2D eigenvalue weighted by molar-refractivity contribution is -0.124. The number of hydrogen-bond donors (Lipinski definition) is 2. The molecule has 2 atom stereocenters. The van der Waals surface area contributed by atoms with Gasteiger partial charge in [-0.15, -0.1) is 0 Å². The topological polar surface area (TPSA) is 113 Å². The average molecular weight is 423 g/mol. The van der Waals surface area contributed by atoms with Crippen LogP contribution in [0.4, 0.5) is 0 Å². The first-order valence-corrected chi connectivity index (χ1v) is 11.7. The lowest BCUT2D eigenvalue weighted by atomic mass is 9.97. The molecule has 160 valence electrons. The normalized spacial score (nSPS) is 23.7. The third kappa shape index (κ3) is 5.34. The highest BCUT2D eigenvalue weighted by Gasteiger charge is 2.39. The van der Waals surface area contributed by atoms with E-state index in [1.807, 2.05) is 0 Å². The summed E-state index contributed by atoms with van der Waals surface area (Å²) < 4.78 is 27.1. The van der Waals surface area contributed by atoms with Crippen LogP contribution in [0.25, 0.3) is 0 Å². The standard InChI is InChI=1S/C20H30N4O4S/c21-19(25)16-7-4-12-23(15-16)13-6-11-22-20(26)18-10-5-14-24(18)29(27,28)17-8-2-1-3-9-17/h1-3,8-9,16,18H,4-7,10-15H2,(H2,21,25)(H,22,26). The molecule has 1 aromatic carbocycles. The van der Waals surface area contributed by atoms with Crippen LogP contribution in [-0.2, 0) is 19.6 Å². The zero-order valence-electron chi connectivity index (χ0n) is 16.6. The number of sulfonamides is 1. The van der Waals surface area contributed by atoms with Crippen LogP contribution in [0.2, 0.25) is 0 Å². The number of benzene rings is 1. The predicted molar refractivity (Wildman–Crippen MR) is 109 cm³/mol. The van der Waals surface area contributed by atoms with Crippen molar-refractivity contribution in [2.24, 2.45) is 11.7 Å². The minimum absolute atomic E-state index is 0.0893. The Bertz CT molecular complexity index is 815. The maximum atomic E-state index is 12.9. The van der Waals surface area contributed by atoms with Crippen molar-refractivity contribution < 1.29 is 18.0 Å². The number of likely N-dealkylation sites (tertiary alicyclic amines) is 1. The van der Waals surface area contributed by atoms with Gasteiger partial charge in [-0.05, 0) is 57.3 Å². The molecule has 3 N–H and O–H groups in total. The van der Waals surface area contributed by atoms with E-state index in [0.29, 0.717) is 32.5 Å². The first kappa shape index (κ1) is 21.7. The number of piperidine rings is 1. The van der Waals surface area contributed by atoms with Gasteiger partial charge in [-0.1, -0.05) is 18.2 Å². The molecule has 3 rings (SSSR count). The Morgan fingerprint density at radius 2 is 1.83 bits per heavy atom. The Hall–Kier alpha value is -1.97. The smallest absolute Gasteiger partial charge is 0.243 e. The number of primary amides is 1. The lowest BCUT2D eigenvalue weighted by Crippen LogP contribution is -2.46. The summed E-state index contributed by atoms with van der Waals surface area (Å²) in [6, 6.07) is 7.58. The van der Waals surface area contributed by atoms with E-state index in [9.17, 15) is 18.0 Å². The summed E-state index contributed by atoms with van der Waals surface area (Å²) in [6.45, 7) is 3.23. The van der Waals surface area contributed by atoms with Crippen molar-refractivity contribution in [3.05, 3.63) is 30.3 Å². The summed E-state index contributed by atoms with van der Waals surface area (Å²) in [4.78, 5) is 26.4. The van der Waals surface area contributed by atoms with Gasteiger partial charge in [0.05, 0.1) is 10.8 Å². The summed E-state index contributed by atoms with van der Waals surface area (Å²) in [5, 5.41) is 2.89.